The molecule has 0 heterocycles. The Morgan fingerprint density at radius 1 is 1.37 bits per heavy atom. The first kappa shape index (κ1) is 16.3. The van der Waals surface area contributed by atoms with Gasteiger partial charge in [0.2, 0.25) is 0 Å². The fourth-order valence-electron chi connectivity index (χ4n) is 3.50. The van der Waals surface area contributed by atoms with Gasteiger partial charge in [-0.25, -0.2) is 4.79 Å². The summed E-state index contributed by atoms with van der Waals surface area (Å²) in [5.74, 6) is 0. The van der Waals surface area contributed by atoms with E-state index >= 15 is 0 Å². The van der Waals surface area contributed by atoms with E-state index in [2.05, 4.69) is 33.0 Å². The molecule has 0 aromatic rings. The van der Waals surface area contributed by atoms with Crippen LogP contribution in [-0.2, 0) is 4.74 Å². The Kier molecular flexibility index (Phi) is 5.65. The first-order valence-corrected chi connectivity index (χ1v) is 7.43. The van der Waals surface area contributed by atoms with Crippen LogP contribution in [-0.4, -0.2) is 25.3 Å². The summed E-state index contributed by atoms with van der Waals surface area (Å²) in [4.78, 5) is 11.6. The molecule has 0 saturated heterocycles. The number of nitrogens with two attached hydrogens (primary N) is 1. The van der Waals surface area contributed by atoms with E-state index in [0.717, 1.165) is 32.1 Å². The van der Waals surface area contributed by atoms with Gasteiger partial charge in [-0.1, -0.05) is 34.1 Å². The minimum atomic E-state index is -0.299. The number of hydrogen-bond donors (Lipinski definition) is 2. The van der Waals surface area contributed by atoms with E-state index in [1.54, 1.807) is 0 Å². The van der Waals surface area contributed by atoms with Crippen molar-refractivity contribution in [2.45, 2.75) is 65.8 Å². The van der Waals surface area contributed by atoms with E-state index in [1.807, 2.05) is 0 Å². The molecule has 1 aliphatic carbocycles. The van der Waals surface area contributed by atoms with Crippen molar-refractivity contribution in [1.82, 2.24) is 5.32 Å². The third-order valence-corrected chi connectivity index (χ3v) is 3.87. The molecule has 1 fully saturated rings. The molecule has 0 aromatic carbocycles. The highest BCUT2D eigenvalue weighted by Crippen LogP contribution is 2.45. The van der Waals surface area contributed by atoms with Crippen molar-refractivity contribution >= 4 is 6.09 Å². The van der Waals surface area contributed by atoms with Gasteiger partial charge in [0, 0.05) is 12.6 Å². The number of alkyl carbamates (subject to hydrolysis) is 1. The molecule has 0 spiro atoms. The topological polar surface area (TPSA) is 64.3 Å². The van der Waals surface area contributed by atoms with Gasteiger partial charge in [0.1, 0.15) is 0 Å². The second kappa shape index (κ2) is 6.60. The summed E-state index contributed by atoms with van der Waals surface area (Å²) < 4.78 is 5.12. The standard InChI is InChI=1S/C15H30N2O2/c1-5-6-7-19-13(18)17-11-15(4)9-12(16)8-14(2,3)10-15/h12H,5-11,16H2,1-4H3,(H,17,18). The first-order chi connectivity index (χ1) is 8.76. The predicted octanol–water partition coefficient (Wildman–Crippen LogP) is 3.06. The molecule has 19 heavy (non-hydrogen) atoms. The molecule has 1 aliphatic rings. The number of unbranched alkanes of at least 4 members (excludes halogenated alkanes) is 1. The van der Waals surface area contributed by atoms with E-state index in [4.69, 9.17) is 10.5 Å². The van der Waals surface area contributed by atoms with Crippen LogP contribution in [0.25, 0.3) is 0 Å². The highest BCUT2D eigenvalue weighted by molar-refractivity contribution is 5.67. The smallest absolute Gasteiger partial charge is 0.407 e. The second-order valence-electron chi connectivity index (χ2n) is 7.16. The fraction of sp³-hybridized carbons (Fsp3) is 0.933. The maximum Gasteiger partial charge on any atom is 0.407 e. The third kappa shape index (κ3) is 5.81. The minimum Gasteiger partial charge on any atom is -0.450 e. The second-order valence-corrected chi connectivity index (χ2v) is 7.16. The zero-order valence-electron chi connectivity index (χ0n) is 12.9. The van der Waals surface area contributed by atoms with Crippen molar-refractivity contribution in [3.05, 3.63) is 0 Å². The van der Waals surface area contributed by atoms with Gasteiger partial charge in [-0.05, 0) is 36.5 Å². The lowest BCUT2D eigenvalue weighted by Crippen LogP contribution is -2.47. The number of carbonyl (C=O) groups is 1. The quantitative estimate of drug-likeness (QED) is 0.755. The highest BCUT2D eigenvalue weighted by atomic mass is 16.5. The molecule has 2 unspecified atom stereocenters. The Bertz CT molecular complexity index is 305. The molecule has 4 nitrogen and oxygen atoms in total. The monoisotopic (exact) mass is 270 g/mol. The zero-order valence-corrected chi connectivity index (χ0v) is 12.9. The van der Waals surface area contributed by atoms with E-state index in [-0.39, 0.29) is 23.0 Å². The van der Waals surface area contributed by atoms with Crippen molar-refractivity contribution in [3.8, 4) is 0 Å². The molecule has 0 radical (unpaired) electrons. The molecule has 0 bridgehead atoms. The molecule has 1 saturated carbocycles. The summed E-state index contributed by atoms with van der Waals surface area (Å²) >= 11 is 0. The maximum atomic E-state index is 11.6. The van der Waals surface area contributed by atoms with Crippen LogP contribution in [0, 0.1) is 10.8 Å². The average Bonchev–Trinajstić information content (AvgIpc) is 2.23. The van der Waals surface area contributed by atoms with Gasteiger partial charge in [-0.15, -0.1) is 0 Å². The van der Waals surface area contributed by atoms with Gasteiger partial charge in [0.15, 0.2) is 0 Å². The SMILES string of the molecule is CCCCOC(=O)NCC1(C)CC(N)CC(C)(C)C1. The first-order valence-electron chi connectivity index (χ1n) is 7.43. The summed E-state index contributed by atoms with van der Waals surface area (Å²) in [6.07, 6.45) is 4.76. The van der Waals surface area contributed by atoms with Crippen LogP contribution in [0.1, 0.15) is 59.8 Å². The largest absolute Gasteiger partial charge is 0.450 e. The average molecular weight is 270 g/mol. The number of hydrogen-bond acceptors (Lipinski definition) is 3. The van der Waals surface area contributed by atoms with E-state index < -0.39 is 0 Å². The Morgan fingerprint density at radius 3 is 2.63 bits per heavy atom. The molecule has 1 rings (SSSR count). The molecule has 0 aliphatic heterocycles. The summed E-state index contributed by atoms with van der Waals surface area (Å²) in [7, 11) is 0. The molecule has 0 aromatic heterocycles. The molecule has 4 heteroatoms. The summed E-state index contributed by atoms with van der Waals surface area (Å²) in [6.45, 7) is 9.95. The zero-order chi connectivity index (χ0) is 14.5. The van der Waals surface area contributed by atoms with E-state index in [1.165, 1.54) is 0 Å². The van der Waals surface area contributed by atoms with Gasteiger partial charge in [0.05, 0.1) is 6.61 Å². The molecule has 1 amide bonds. The highest BCUT2D eigenvalue weighted by Gasteiger charge is 2.40. The van der Waals surface area contributed by atoms with Crippen LogP contribution in [0.3, 0.4) is 0 Å². The van der Waals surface area contributed by atoms with Crippen LogP contribution in [0.4, 0.5) is 4.79 Å². The van der Waals surface area contributed by atoms with Crippen LogP contribution in [0.2, 0.25) is 0 Å². The Labute approximate surface area is 117 Å². The molecule has 112 valence electrons. The molecular weight excluding hydrogens is 240 g/mol. The number of ether oxygens (including phenoxy) is 1. The number of rotatable bonds is 5. The molecule has 3 N–H and O–H groups in total. The summed E-state index contributed by atoms with van der Waals surface area (Å²) in [6, 6.07) is 0.228. The van der Waals surface area contributed by atoms with Crippen molar-refractivity contribution in [3.63, 3.8) is 0 Å². The Hall–Kier alpha value is -0.770. The van der Waals surface area contributed by atoms with Crippen LogP contribution in [0.15, 0.2) is 0 Å². The lowest BCUT2D eigenvalue weighted by molar-refractivity contribution is 0.0777. The van der Waals surface area contributed by atoms with Gasteiger partial charge in [-0.2, -0.15) is 0 Å². The normalized spacial score (nSPS) is 29.8. The lowest BCUT2D eigenvalue weighted by Gasteiger charge is -2.45. The summed E-state index contributed by atoms with van der Waals surface area (Å²) in [5.41, 5.74) is 6.47. The van der Waals surface area contributed by atoms with Gasteiger partial charge in [0.25, 0.3) is 0 Å². The number of amides is 1. The summed E-state index contributed by atoms with van der Waals surface area (Å²) in [5, 5.41) is 2.89. The lowest BCUT2D eigenvalue weighted by atomic mass is 9.63. The van der Waals surface area contributed by atoms with Gasteiger partial charge in [-0.3, -0.25) is 0 Å². The molecular formula is C15H30N2O2. The van der Waals surface area contributed by atoms with Crippen LogP contribution < -0.4 is 11.1 Å². The predicted molar refractivity (Wildman–Crippen MR) is 78.0 cm³/mol. The number of carbonyl (C=O) groups excluding carboxylic acids is 1. The minimum absolute atomic E-state index is 0.0743. The van der Waals surface area contributed by atoms with Gasteiger partial charge < -0.3 is 15.8 Å². The van der Waals surface area contributed by atoms with Gasteiger partial charge >= 0.3 is 6.09 Å². The van der Waals surface area contributed by atoms with Crippen molar-refractivity contribution in [2.75, 3.05) is 13.2 Å². The van der Waals surface area contributed by atoms with Crippen molar-refractivity contribution in [2.24, 2.45) is 16.6 Å². The van der Waals surface area contributed by atoms with Crippen LogP contribution in [0.5, 0.6) is 0 Å². The number of nitrogens with one attached hydrogen (secondary N) is 1. The van der Waals surface area contributed by atoms with Crippen molar-refractivity contribution in [1.29, 1.82) is 0 Å². The van der Waals surface area contributed by atoms with E-state index in [9.17, 15) is 4.79 Å². The Balaban J connectivity index is 2.40. The van der Waals surface area contributed by atoms with Crippen LogP contribution >= 0.6 is 0 Å². The maximum absolute atomic E-state index is 11.6. The van der Waals surface area contributed by atoms with Crippen molar-refractivity contribution < 1.29 is 9.53 Å². The van der Waals surface area contributed by atoms with E-state index in [0.29, 0.717) is 13.2 Å². The fourth-order valence-corrected chi connectivity index (χ4v) is 3.50. The molecule has 2 atom stereocenters. The Morgan fingerprint density at radius 2 is 2.05 bits per heavy atom. The third-order valence-electron chi connectivity index (χ3n) is 3.87.